The maximum absolute atomic E-state index is 12.2. The Hall–Kier alpha value is -3.39. The number of hydrogen-bond donors (Lipinski definition) is 1. The summed E-state index contributed by atoms with van der Waals surface area (Å²) in [7, 11) is 7.10. The average Bonchev–Trinajstić information content (AvgIpc) is 3.14. The molecule has 8 heteroatoms. The van der Waals surface area contributed by atoms with Crippen LogP contribution < -0.4 is 5.32 Å². The molecule has 1 amide bonds. The van der Waals surface area contributed by atoms with Gasteiger partial charge in [0.25, 0.3) is 5.91 Å². The molecule has 0 atom stereocenters. The first kappa shape index (κ1) is 29.2. The Bertz CT molecular complexity index is 1220. The van der Waals surface area contributed by atoms with Gasteiger partial charge in [-0.3, -0.25) is 19.5 Å². The Labute approximate surface area is 231 Å². The first-order valence-corrected chi connectivity index (χ1v) is 13.0. The van der Waals surface area contributed by atoms with Crippen molar-refractivity contribution in [1.29, 1.82) is 0 Å². The number of halogens is 1. The Kier molecular flexibility index (Phi) is 10.7. The fourth-order valence-corrected chi connectivity index (χ4v) is 4.61. The van der Waals surface area contributed by atoms with Gasteiger partial charge in [0.15, 0.2) is 0 Å². The van der Waals surface area contributed by atoms with Crippen LogP contribution in [0.15, 0.2) is 88.9 Å². The molecule has 0 spiro atoms. The average molecular weight is 536 g/mol. The topological polar surface area (TPSA) is 60.4 Å². The molecule has 0 aliphatic carbocycles. The van der Waals surface area contributed by atoms with Gasteiger partial charge >= 0.3 is 0 Å². The normalized spacial score (nSPS) is 17.3. The van der Waals surface area contributed by atoms with Crippen LogP contribution in [0.2, 0.25) is 5.02 Å². The lowest BCUT2D eigenvalue weighted by Gasteiger charge is -2.27. The zero-order chi connectivity index (χ0) is 27.7. The molecule has 2 heterocycles. The first-order chi connectivity index (χ1) is 18.2. The Morgan fingerprint density at radius 2 is 2.11 bits per heavy atom. The molecule has 202 valence electrons. The van der Waals surface area contributed by atoms with Gasteiger partial charge in [0.2, 0.25) is 0 Å². The van der Waals surface area contributed by atoms with Gasteiger partial charge in [0.1, 0.15) is 0 Å². The van der Waals surface area contributed by atoms with Crippen molar-refractivity contribution in [1.82, 2.24) is 20.2 Å². The lowest BCUT2D eigenvalue weighted by Crippen LogP contribution is -2.30. The molecule has 38 heavy (non-hydrogen) atoms. The number of carbonyl (C=O) groups excluding carboxylic acids is 1. The highest BCUT2D eigenvalue weighted by atomic mass is 35.5. The van der Waals surface area contributed by atoms with E-state index < -0.39 is 0 Å². The predicted molar refractivity (Wildman–Crippen MR) is 158 cm³/mol. The van der Waals surface area contributed by atoms with Crippen molar-refractivity contribution in [2.45, 2.75) is 13.3 Å². The van der Waals surface area contributed by atoms with Gasteiger partial charge in [-0.15, -0.1) is 0 Å². The number of aliphatic imine (C=N–C) groups is 1. The summed E-state index contributed by atoms with van der Waals surface area (Å²) in [6.45, 7) is 9.44. The zero-order valence-electron chi connectivity index (χ0n) is 23.0. The second-order valence-corrected chi connectivity index (χ2v) is 9.84. The summed E-state index contributed by atoms with van der Waals surface area (Å²) in [6, 6.07) is 5.57. The lowest BCUT2D eigenvalue weighted by atomic mass is 9.97. The lowest BCUT2D eigenvalue weighted by molar-refractivity contribution is -0.0741. The van der Waals surface area contributed by atoms with E-state index in [0.717, 1.165) is 48.6 Å². The van der Waals surface area contributed by atoms with Crippen molar-refractivity contribution in [2.75, 3.05) is 54.4 Å². The molecular weight excluding hydrogens is 498 g/mol. The van der Waals surface area contributed by atoms with Crippen molar-refractivity contribution in [3.63, 3.8) is 0 Å². The molecule has 0 fully saturated rings. The van der Waals surface area contributed by atoms with E-state index in [1.54, 1.807) is 43.4 Å². The van der Waals surface area contributed by atoms with Crippen LogP contribution in [-0.4, -0.2) is 81.4 Å². The highest BCUT2D eigenvalue weighted by molar-refractivity contribution is 6.32. The van der Waals surface area contributed by atoms with Crippen molar-refractivity contribution in [3.05, 3.63) is 100 Å². The summed E-state index contributed by atoms with van der Waals surface area (Å²) in [6.07, 6.45) is 14.7. The number of nitrogens with one attached hydrogen (secondary N) is 1. The molecule has 0 saturated carbocycles. The summed E-state index contributed by atoms with van der Waals surface area (Å²) in [5.41, 5.74) is 6.66. The SMILES string of the molecule is C=C(/C=C(\C)CN1CC=C(c2ccc(C(=O)N(C)C)cc2Cl)CC1)/C(=C\C=NC)N1C=CC(NC)=CCO1. The molecule has 1 aromatic carbocycles. The zero-order valence-corrected chi connectivity index (χ0v) is 23.8. The van der Waals surface area contributed by atoms with Gasteiger partial charge in [-0.25, -0.2) is 5.06 Å². The molecule has 7 nitrogen and oxygen atoms in total. The number of benzene rings is 1. The third-order valence-corrected chi connectivity index (χ3v) is 6.61. The van der Waals surface area contributed by atoms with Gasteiger partial charge in [0.05, 0.1) is 12.3 Å². The molecule has 2 aliphatic rings. The van der Waals surface area contributed by atoms with Crippen LogP contribution in [0.3, 0.4) is 0 Å². The van der Waals surface area contributed by atoms with Crippen molar-refractivity contribution in [3.8, 4) is 0 Å². The number of amides is 1. The van der Waals surface area contributed by atoms with Crippen molar-refractivity contribution in [2.24, 2.45) is 4.99 Å². The Balaban J connectivity index is 1.66. The smallest absolute Gasteiger partial charge is 0.253 e. The molecule has 0 aromatic heterocycles. The minimum atomic E-state index is -0.0520. The third kappa shape index (κ3) is 7.81. The summed E-state index contributed by atoms with van der Waals surface area (Å²) < 4.78 is 0. The number of hydrogen-bond acceptors (Lipinski definition) is 6. The van der Waals surface area contributed by atoms with Crippen LogP contribution in [0.25, 0.3) is 5.57 Å². The number of hydroxylamine groups is 2. The standard InChI is InChI=1S/C30H38ClN5O2/c1-22(19-23(2)29(9-14-32-3)36-17-12-26(33-4)13-18-38-36)21-35-15-10-24(11-16-35)27-8-7-25(20-28(27)31)30(37)34(5)6/h7-10,12-14,17,19-20,33H,2,11,15-16,18,21H2,1,3-6H3/b22-19+,29-9+,32-14?. The maximum atomic E-state index is 12.2. The second kappa shape index (κ2) is 14.0. The molecule has 3 rings (SSSR count). The Morgan fingerprint density at radius 3 is 2.74 bits per heavy atom. The highest BCUT2D eigenvalue weighted by Crippen LogP contribution is 2.30. The van der Waals surface area contributed by atoms with E-state index in [1.165, 1.54) is 11.1 Å². The third-order valence-electron chi connectivity index (χ3n) is 6.30. The van der Waals surface area contributed by atoms with Crippen molar-refractivity contribution < 1.29 is 9.63 Å². The molecular formula is C30H38ClN5O2. The monoisotopic (exact) mass is 535 g/mol. The molecule has 0 saturated heterocycles. The predicted octanol–water partition coefficient (Wildman–Crippen LogP) is 5.08. The number of carbonyl (C=O) groups is 1. The van der Waals surface area contributed by atoms with E-state index in [9.17, 15) is 4.79 Å². The van der Waals surface area contributed by atoms with E-state index >= 15 is 0 Å². The minimum absolute atomic E-state index is 0.0520. The summed E-state index contributed by atoms with van der Waals surface area (Å²) in [5.74, 6) is -0.0520. The van der Waals surface area contributed by atoms with Gasteiger partial charge in [-0.2, -0.15) is 0 Å². The van der Waals surface area contributed by atoms with E-state index in [4.69, 9.17) is 16.4 Å². The fourth-order valence-electron chi connectivity index (χ4n) is 4.30. The largest absolute Gasteiger partial charge is 0.388 e. The first-order valence-electron chi connectivity index (χ1n) is 12.6. The number of likely N-dealkylation sites (N-methyl/N-ethyl adjacent to an activating group) is 1. The molecule has 1 N–H and O–H groups in total. The number of nitrogens with zero attached hydrogens (tertiary/aromatic N) is 4. The number of rotatable bonds is 9. The van der Waals surface area contributed by atoms with Gasteiger partial charge < -0.3 is 10.2 Å². The van der Waals surface area contributed by atoms with Crippen LogP contribution in [0, 0.1) is 0 Å². The molecule has 2 aliphatic heterocycles. The Morgan fingerprint density at radius 1 is 1.32 bits per heavy atom. The van der Waals surface area contributed by atoms with Crippen LogP contribution >= 0.6 is 11.6 Å². The molecule has 1 aromatic rings. The van der Waals surface area contributed by atoms with Gasteiger partial charge in [0, 0.05) is 76.5 Å². The van der Waals surface area contributed by atoms with Crippen LogP contribution in [0.5, 0.6) is 0 Å². The maximum Gasteiger partial charge on any atom is 0.253 e. The fraction of sp³-hybridized carbons (Fsp3) is 0.333. The highest BCUT2D eigenvalue weighted by Gasteiger charge is 2.18. The van der Waals surface area contributed by atoms with Crippen LogP contribution in [-0.2, 0) is 4.84 Å². The molecule has 0 bridgehead atoms. The quantitative estimate of drug-likeness (QED) is 0.353. The van der Waals surface area contributed by atoms with Gasteiger partial charge in [-0.05, 0) is 60.4 Å². The van der Waals surface area contributed by atoms with Crippen LogP contribution in [0.4, 0.5) is 0 Å². The van der Waals surface area contributed by atoms with E-state index in [-0.39, 0.29) is 5.91 Å². The minimum Gasteiger partial charge on any atom is -0.388 e. The van der Waals surface area contributed by atoms with E-state index in [2.05, 4.69) is 40.9 Å². The summed E-state index contributed by atoms with van der Waals surface area (Å²) >= 11 is 6.56. The van der Waals surface area contributed by atoms with Crippen LogP contribution in [0.1, 0.15) is 29.3 Å². The summed E-state index contributed by atoms with van der Waals surface area (Å²) in [5, 5.41) is 5.48. The molecule has 0 unspecified atom stereocenters. The second-order valence-electron chi connectivity index (χ2n) is 9.43. The van der Waals surface area contributed by atoms with E-state index in [0.29, 0.717) is 17.2 Å². The van der Waals surface area contributed by atoms with Gasteiger partial charge in [-0.1, -0.05) is 42.0 Å². The molecule has 0 radical (unpaired) electrons. The van der Waals surface area contributed by atoms with E-state index in [1.807, 2.05) is 43.6 Å². The van der Waals surface area contributed by atoms with Crippen molar-refractivity contribution >= 4 is 29.3 Å². The number of allylic oxidation sites excluding steroid dienone is 3. The summed E-state index contributed by atoms with van der Waals surface area (Å²) in [4.78, 5) is 26.2.